The fourth-order valence-corrected chi connectivity index (χ4v) is 2.71. The molecular formula is C15H20N2O3. The van der Waals surface area contributed by atoms with Crippen molar-refractivity contribution in [1.82, 2.24) is 10.2 Å². The summed E-state index contributed by atoms with van der Waals surface area (Å²) in [4.78, 5) is 24.8. The molecule has 5 nitrogen and oxygen atoms in total. The monoisotopic (exact) mass is 276 g/mol. The van der Waals surface area contributed by atoms with Crippen molar-refractivity contribution in [3.05, 3.63) is 35.9 Å². The predicted molar refractivity (Wildman–Crippen MR) is 75.4 cm³/mol. The molecule has 1 amide bonds. The smallest absolute Gasteiger partial charge is 0.305 e. The Balaban J connectivity index is 2.07. The molecule has 1 aromatic carbocycles. The molecule has 1 aliphatic heterocycles. The number of rotatable bonds is 5. The molecule has 1 fully saturated rings. The molecule has 0 aliphatic carbocycles. The van der Waals surface area contributed by atoms with Gasteiger partial charge in [0.15, 0.2) is 0 Å². The summed E-state index contributed by atoms with van der Waals surface area (Å²) in [5, 5.41) is 11.7. The normalized spacial score (nSPS) is 21.2. The Morgan fingerprint density at radius 1 is 1.45 bits per heavy atom. The first kappa shape index (κ1) is 14.5. The summed E-state index contributed by atoms with van der Waals surface area (Å²) >= 11 is 0. The van der Waals surface area contributed by atoms with E-state index in [2.05, 4.69) is 5.32 Å². The molecule has 2 unspecified atom stereocenters. The summed E-state index contributed by atoms with van der Waals surface area (Å²) in [5.41, 5.74) is 1.19. The van der Waals surface area contributed by atoms with E-state index in [0.717, 1.165) is 6.42 Å². The van der Waals surface area contributed by atoms with Gasteiger partial charge in [0.2, 0.25) is 5.91 Å². The van der Waals surface area contributed by atoms with Crippen LogP contribution in [0.1, 0.15) is 18.9 Å². The van der Waals surface area contributed by atoms with E-state index < -0.39 is 12.0 Å². The first-order valence-electron chi connectivity index (χ1n) is 6.87. The highest BCUT2D eigenvalue weighted by atomic mass is 16.4. The molecule has 2 rings (SSSR count). The topological polar surface area (TPSA) is 69.6 Å². The molecule has 0 aromatic heterocycles. The molecule has 0 saturated carbocycles. The van der Waals surface area contributed by atoms with Crippen molar-refractivity contribution in [2.24, 2.45) is 0 Å². The number of carboxylic acids is 1. The summed E-state index contributed by atoms with van der Waals surface area (Å²) in [7, 11) is 0. The Morgan fingerprint density at radius 3 is 2.80 bits per heavy atom. The van der Waals surface area contributed by atoms with Crippen molar-refractivity contribution in [1.29, 1.82) is 0 Å². The molecule has 0 radical (unpaired) electrons. The second kappa shape index (κ2) is 6.52. The maximum absolute atomic E-state index is 11.9. The fraction of sp³-hybridized carbons (Fsp3) is 0.467. The van der Waals surface area contributed by atoms with Gasteiger partial charge in [-0.15, -0.1) is 0 Å². The minimum absolute atomic E-state index is 0.132. The lowest BCUT2D eigenvalue weighted by Crippen LogP contribution is -2.58. The molecule has 0 bridgehead atoms. The standard InChI is InChI=1S/C15H20N2O3/c1-11(9-12-5-3-2-4-6-12)17-8-7-16-15(20)13(17)10-14(18)19/h2-6,11,13H,7-10H2,1H3,(H,16,20)(H,18,19). The van der Waals surface area contributed by atoms with Crippen molar-refractivity contribution < 1.29 is 14.7 Å². The predicted octanol–water partition coefficient (Wildman–Crippen LogP) is 0.893. The Kier molecular flexibility index (Phi) is 4.74. The summed E-state index contributed by atoms with van der Waals surface area (Å²) < 4.78 is 0. The number of hydrogen-bond donors (Lipinski definition) is 2. The van der Waals surface area contributed by atoms with Gasteiger partial charge >= 0.3 is 5.97 Å². The van der Waals surface area contributed by atoms with Crippen LogP contribution < -0.4 is 5.32 Å². The molecule has 1 saturated heterocycles. The third-order valence-electron chi connectivity index (χ3n) is 3.68. The largest absolute Gasteiger partial charge is 0.481 e. The Morgan fingerprint density at radius 2 is 2.15 bits per heavy atom. The van der Waals surface area contributed by atoms with Crippen LogP contribution in [0.5, 0.6) is 0 Å². The molecular weight excluding hydrogens is 256 g/mol. The highest BCUT2D eigenvalue weighted by Gasteiger charge is 2.34. The van der Waals surface area contributed by atoms with Crippen LogP contribution in [-0.4, -0.2) is 47.1 Å². The number of carbonyl (C=O) groups is 2. The van der Waals surface area contributed by atoms with Crippen molar-refractivity contribution >= 4 is 11.9 Å². The second-order valence-corrected chi connectivity index (χ2v) is 5.18. The number of benzene rings is 1. The number of carboxylic acid groups (broad SMARTS) is 1. The van der Waals surface area contributed by atoms with Crippen molar-refractivity contribution in [3.63, 3.8) is 0 Å². The first-order valence-corrected chi connectivity index (χ1v) is 6.87. The van der Waals surface area contributed by atoms with Crippen LogP contribution in [0.3, 0.4) is 0 Å². The zero-order valence-electron chi connectivity index (χ0n) is 11.6. The van der Waals surface area contributed by atoms with Gasteiger partial charge in [-0.1, -0.05) is 30.3 Å². The van der Waals surface area contributed by atoms with E-state index in [1.807, 2.05) is 42.2 Å². The van der Waals surface area contributed by atoms with Gasteiger partial charge in [-0.3, -0.25) is 14.5 Å². The average Bonchev–Trinajstić information content (AvgIpc) is 2.41. The van der Waals surface area contributed by atoms with Crippen LogP contribution in [-0.2, 0) is 16.0 Å². The van der Waals surface area contributed by atoms with E-state index in [-0.39, 0.29) is 18.4 Å². The van der Waals surface area contributed by atoms with Crippen LogP contribution >= 0.6 is 0 Å². The number of nitrogens with zero attached hydrogens (tertiary/aromatic N) is 1. The number of aliphatic carboxylic acids is 1. The summed E-state index contributed by atoms with van der Waals surface area (Å²) in [6.45, 7) is 3.31. The molecule has 2 N–H and O–H groups in total. The van der Waals surface area contributed by atoms with Gasteiger partial charge in [-0.05, 0) is 18.9 Å². The lowest BCUT2D eigenvalue weighted by atomic mass is 10.0. The van der Waals surface area contributed by atoms with E-state index in [1.54, 1.807) is 0 Å². The van der Waals surface area contributed by atoms with Gasteiger partial charge in [-0.25, -0.2) is 0 Å². The summed E-state index contributed by atoms with van der Waals surface area (Å²) in [6, 6.07) is 9.60. The third-order valence-corrected chi connectivity index (χ3v) is 3.68. The third kappa shape index (κ3) is 3.57. The minimum atomic E-state index is -0.941. The summed E-state index contributed by atoms with van der Waals surface area (Å²) in [6.07, 6.45) is 0.662. The number of hydrogen-bond acceptors (Lipinski definition) is 3. The van der Waals surface area contributed by atoms with Gasteiger partial charge in [0.1, 0.15) is 0 Å². The lowest BCUT2D eigenvalue weighted by Gasteiger charge is -2.38. The Hall–Kier alpha value is -1.88. The molecule has 20 heavy (non-hydrogen) atoms. The summed E-state index contributed by atoms with van der Waals surface area (Å²) in [5.74, 6) is -1.12. The number of nitrogens with one attached hydrogen (secondary N) is 1. The van der Waals surface area contributed by atoms with Crippen LogP contribution in [0.4, 0.5) is 0 Å². The minimum Gasteiger partial charge on any atom is -0.481 e. The van der Waals surface area contributed by atoms with Gasteiger partial charge in [0, 0.05) is 19.1 Å². The molecule has 5 heteroatoms. The quantitative estimate of drug-likeness (QED) is 0.838. The second-order valence-electron chi connectivity index (χ2n) is 5.18. The number of piperazine rings is 1. The maximum atomic E-state index is 11.9. The number of amides is 1. The van der Waals surface area contributed by atoms with Gasteiger partial charge in [0.25, 0.3) is 0 Å². The van der Waals surface area contributed by atoms with E-state index >= 15 is 0 Å². The molecule has 2 atom stereocenters. The van der Waals surface area contributed by atoms with Crippen LogP contribution in [0, 0.1) is 0 Å². The zero-order valence-corrected chi connectivity index (χ0v) is 11.6. The molecule has 0 spiro atoms. The Bertz CT molecular complexity index is 475. The van der Waals surface area contributed by atoms with E-state index in [0.29, 0.717) is 13.1 Å². The average molecular weight is 276 g/mol. The molecule has 1 aromatic rings. The van der Waals surface area contributed by atoms with Crippen molar-refractivity contribution in [3.8, 4) is 0 Å². The zero-order chi connectivity index (χ0) is 14.5. The van der Waals surface area contributed by atoms with E-state index in [4.69, 9.17) is 5.11 Å². The molecule has 1 aliphatic rings. The van der Waals surface area contributed by atoms with E-state index in [9.17, 15) is 9.59 Å². The van der Waals surface area contributed by atoms with Crippen LogP contribution in [0.2, 0.25) is 0 Å². The van der Waals surface area contributed by atoms with Gasteiger partial charge < -0.3 is 10.4 Å². The lowest BCUT2D eigenvalue weighted by molar-refractivity contribution is -0.143. The van der Waals surface area contributed by atoms with E-state index in [1.165, 1.54) is 5.56 Å². The van der Waals surface area contributed by atoms with Crippen molar-refractivity contribution in [2.45, 2.75) is 31.8 Å². The molecule has 1 heterocycles. The maximum Gasteiger partial charge on any atom is 0.305 e. The van der Waals surface area contributed by atoms with Crippen LogP contribution in [0.25, 0.3) is 0 Å². The first-order chi connectivity index (χ1) is 9.58. The number of carbonyl (C=O) groups excluding carboxylic acids is 1. The van der Waals surface area contributed by atoms with Crippen LogP contribution in [0.15, 0.2) is 30.3 Å². The SMILES string of the molecule is CC(Cc1ccccc1)N1CCNC(=O)C1CC(=O)O. The highest BCUT2D eigenvalue weighted by Crippen LogP contribution is 2.16. The van der Waals surface area contributed by atoms with Gasteiger partial charge in [0.05, 0.1) is 12.5 Å². The van der Waals surface area contributed by atoms with Crippen molar-refractivity contribution in [2.75, 3.05) is 13.1 Å². The fourth-order valence-electron chi connectivity index (χ4n) is 2.71. The van der Waals surface area contributed by atoms with Gasteiger partial charge in [-0.2, -0.15) is 0 Å². The molecule has 108 valence electrons. The highest BCUT2D eigenvalue weighted by molar-refractivity contribution is 5.86. The Labute approximate surface area is 118 Å².